The quantitative estimate of drug-likeness (QED) is 0.744. The van der Waals surface area contributed by atoms with Crippen molar-refractivity contribution in [3.63, 3.8) is 0 Å². The molecule has 0 saturated carbocycles. The number of amides is 1. The van der Waals surface area contributed by atoms with E-state index in [-0.39, 0.29) is 6.10 Å². The van der Waals surface area contributed by atoms with Crippen molar-refractivity contribution in [2.24, 2.45) is 5.73 Å². The van der Waals surface area contributed by atoms with Gasteiger partial charge in [-0.15, -0.1) is 11.3 Å². The second kappa shape index (κ2) is 6.94. The maximum absolute atomic E-state index is 11.6. The molecule has 0 bridgehead atoms. The van der Waals surface area contributed by atoms with Gasteiger partial charge in [0.05, 0.1) is 5.69 Å². The van der Waals surface area contributed by atoms with Gasteiger partial charge in [-0.05, 0) is 38.3 Å². The summed E-state index contributed by atoms with van der Waals surface area (Å²) in [6.45, 7) is 5.21. The summed E-state index contributed by atoms with van der Waals surface area (Å²) in [5.74, 6) is 0.0772. The average molecular weight is 348 g/mol. The van der Waals surface area contributed by atoms with E-state index in [0.717, 1.165) is 36.8 Å². The summed E-state index contributed by atoms with van der Waals surface area (Å²) >= 11 is 1.24. The Morgan fingerprint density at radius 3 is 3.00 bits per heavy atom. The number of thiophene rings is 1. The Hall–Kier alpha value is -1.86. The molecule has 1 aliphatic rings. The zero-order chi connectivity index (χ0) is 17.3. The van der Waals surface area contributed by atoms with Crippen LogP contribution in [0.1, 0.15) is 48.3 Å². The highest BCUT2D eigenvalue weighted by Crippen LogP contribution is 2.37. The molecule has 0 aliphatic carbocycles. The molecule has 0 spiro atoms. The van der Waals surface area contributed by atoms with Crippen LogP contribution in [-0.2, 0) is 6.42 Å². The Balaban J connectivity index is 1.98. The number of hydrogen-bond donors (Lipinski definition) is 3. The van der Waals surface area contributed by atoms with E-state index in [1.165, 1.54) is 17.8 Å². The van der Waals surface area contributed by atoms with Gasteiger partial charge in [0.2, 0.25) is 5.88 Å². The summed E-state index contributed by atoms with van der Waals surface area (Å²) in [4.78, 5) is 17.2. The summed E-state index contributed by atoms with van der Waals surface area (Å²) in [5, 5.41) is 4.29. The zero-order valence-electron chi connectivity index (χ0n) is 14.1. The van der Waals surface area contributed by atoms with Crippen molar-refractivity contribution in [3.05, 3.63) is 16.5 Å². The topological polar surface area (TPSA) is 103 Å². The third kappa shape index (κ3) is 3.18. The lowest BCUT2D eigenvalue weighted by Gasteiger charge is -2.21. The number of primary amides is 1. The van der Waals surface area contributed by atoms with E-state index in [4.69, 9.17) is 16.2 Å². The molecule has 1 fully saturated rings. The number of hydrogen-bond acceptors (Lipinski definition) is 6. The number of carbonyl (C=O) groups excluding carboxylic acids is 1. The highest BCUT2D eigenvalue weighted by atomic mass is 32.1. The molecule has 2 atom stereocenters. The van der Waals surface area contributed by atoms with E-state index >= 15 is 0 Å². The van der Waals surface area contributed by atoms with Gasteiger partial charge in [0.1, 0.15) is 15.8 Å². The molecule has 2 unspecified atom stereocenters. The smallest absolute Gasteiger partial charge is 0.260 e. The molecule has 2 aromatic heterocycles. The maximum atomic E-state index is 11.6. The van der Waals surface area contributed by atoms with Gasteiger partial charge in [0, 0.05) is 17.5 Å². The highest BCUT2D eigenvalue weighted by Gasteiger charge is 2.24. The van der Waals surface area contributed by atoms with E-state index in [0.29, 0.717) is 27.3 Å². The van der Waals surface area contributed by atoms with Gasteiger partial charge in [-0.1, -0.05) is 13.3 Å². The van der Waals surface area contributed by atoms with Gasteiger partial charge < -0.3 is 21.5 Å². The number of anilines is 1. The lowest BCUT2D eigenvalue weighted by Crippen LogP contribution is -2.36. The third-order valence-electron chi connectivity index (χ3n) is 4.47. The minimum Gasteiger partial charge on any atom is -0.473 e. The molecule has 7 heteroatoms. The van der Waals surface area contributed by atoms with Crippen molar-refractivity contribution < 1.29 is 9.53 Å². The molecule has 1 amide bonds. The lowest BCUT2D eigenvalue weighted by molar-refractivity contribution is 0.100. The number of aromatic nitrogens is 1. The second-order valence-electron chi connectivity index (χ2n) is 6.28. The first kappa shape index (κ1) is 17.0. The molecule has 3 heterocycles. The summed E-state index contributed by atoms with van der Waals surface area (Å²) in [7, 11) is 0. The van der Waals surface area contributed by atoms with Crippen LogP contribution < -0.4 is 21.5 Å². The van der Waals surface area contributed by atoms with Crippen molar-refractivity contribution in [2.45, 2.75) is 51.7 Å². The van der Waals surface area contributed by atoms with Crippen LogP contribution in [0.4, 0.5) is 5.69 Å². The standard InChI is InChI=1S/C17H24N4O2S/c1-3-5-10-8-12(23-9(2)11-6-4-7-20-11)21-17-13(10)14(18)15(24-17)16(19)22/h8-9,11,20H,3-7,18H2,1-2H3,(H2,19,22). The molecular formula is C17H24N4O2S. The highest BCUT2D eigenvalue weighted by molar-refractivity contribution is 7.21. The van der Waals surface area contributed by atoms with Gasteiger partial charge in [0.15, 0.2) is 0 Å². The van der Waals surface area contributed by atoms with Crippen LogP contribution in [0.2, 0.25) is 0 Å². The molecule has 130 valence electrons. The van der Waals surface area contributed by atoms with Crippen LogP contribution in [0.25, 0.3) is 10.2 Å². The SMILES string of the molecule is CCCc1cc(OC(C)C2CCCN2)nc2sc(C(N)=O)c(N)c12. The lowest BCUT2D eigenvalue weighted by atomic mass is 10.1. The van der Waals surface area contributed by atoms with E-state index in [1.807, 2.05) is 6.07 Å². The fourth-order valence-electron chi connectivity index (χ4n) is 3.27. The molecular weight excluding hydrogens is 324 g/mol. The summed E-state index contributed by atoms with van der Waals surface area (Å²) in [6.07, 6.45) is 4.16. The van der Waals surface area contributed by atoms with Crippen molar-refractivity contribution >= 4 is 33.1 Å². The van der Waals surface area contributed by atoms with Gasteiger partial charge >= 0.3 is 0 Å². The van der Waals surface area contributed by atoms with Crippen molar-refractivity contribution in [3.8, 4) is 5.88 Å². The number of nitrogen functional groups attached to an aromatic ring is 1. The number of fused-ring (bicyclic) bond motifs is 1. The summed E-state index contributed by atoms with van der Waals surface area (Å²) < 4.78 is 6.08. The predicted molar refractivity (Wildman–Crippen MR) is 97.7 cm³/mol. The van der Waals surface area contributed by atoms with Crippen molar-refractivity contribution in [1.29, 1.82) is 0 Å². The van der Waals surface area contributed by atoms with Crippen LogP contribution >= 0.6 is 11.3 Å². The molecule has 0 radical (unpaired) electrons. The van der Waals surface area contributed by atoms with Crippen LogP contribution in [-0.4, -0.2) is 29.6 Å². The number of ether oxygens (including phenoxy) is 1. The normalized spacial score (nSPS) is 18.8. The molecule has 2 aromatic rings. The van der Waals surface area contributed by atoms with Crippen LogP contribution in [0.5, 0.6) is 5.88 Å². The maximum Gasteiger partial charge on any atom is 0.260 e. The van der Waals surface area contributed by atoms with Crippen molar-refractivity contribution in [1.82, 2.24) is 10.3 Å². The Labute approximate surface area is 145 Å². The van der Waals surface area contributed by atoms with Gasteiger partial charge in [-0.3, -0.25) is 4.79 Å². The molecule has 1 aliphatic heterocycles. The van der Waals surface area contributed by atoms with E-state index < -0.39 is 5.91 Å². The van der Waals surface area contributed by atoms with Crippen LogP contribution in [0.3, 0.4) is 0 Å². The third-order valence-corrected chi connectivity index (χ3v) is 5.59. The summed E-state index contributed by atoms with van der Waals surface area (Å²) in [6, 6.07) is 2.30. The first-order valence-electron chi connectivity index (χ1n) is 8.43. The van der Waals surface area contributed by atoms with E-state index in [9.17, 15) is 4.79 Å². The fraction of sp³-hybridized carbons (Fsp3) is 0.529. The monoisotopic (exact) mass is 348 g/mol. The fourth-order valence-corrected chi connectivity index (χ4v) is 4.25. The number of nitrogens with one attached hydrogen (secondary N) is 1. The Morgan fingerprint density at radius 2 is 2.38 bits per heavy atom. The number of carbonyl (C=O) groups is 1. The second-order valence-corrected chi connectivity index (χ2v) is 7.28. The molecule has 3 rings (SSSR count). The number of nitrogens with zero attached hydrogens (tertiary/aromatic N) is 1. The number of pyridine rings is 1. The zero-order valence-corrected chi connectivity index (χ0v) is 14.9. The number of rotatable bonds is 6. The predicted octanol–water partition coefficient (Wildman–Crippen LogP) is 2.45. The molecule has 1 saturated heterocycles. The van der Waals surface area contributed by atoms with Crippen molar-refractivity contribution in [2.75, 3.05) is 12.3 Å². The molecule has 6 nitrogen and oxygen atoms in total. The largest absolute Gasteiger partial charge is 0.473 e. The average Bonchev–Trinajstić information content (AvgIpc) is 3.16. The Kier molecular flexibility index (Phi) is 4.91. The van der Waals surface area contributed by atoms with Gasteiger partial charge in [-0.2, -0.15) is 0 Å². The first-order chi connectivity index (χ1) is 11.5. The van der Waals surface area contributed by atoms with Gasteiger partial charge in [-0.25, -0.2) is 4.98 Å². The molecule has 24 heavy (non-hydrogen) atoms. The minimum atomic E-state index is -0.510. The first-order valence-corrected chi connectivity index (χ1v) is 9.24. The van der Waals surface area contributed by atoms with E-state index in [1.54, 1.807) is 0 Å². The number of aryl methyl sites for hydroxylation is 1. The van der Waals surface area contributed by atoms with Crippen LogP contribution in [0.15, 0.2) is 6.07 Å². The molecule has 5 N–H and O–H groups in total. The summed E-state index contributed by atoms with van der Waals surface area (Å²) in [5.41, 5.74) is 13.1. The van der Waals surface area contributed by atoms with Gasteiger partial charge in [0.25, 0.3) is 5.91 Å². The van der Waals surface area contributed by atoms with Crippen LogP contribution in [0, 0.1) is 0 Å². The number of nitrogens with two attached hydrogens (primary N) is 2. The molecule has 0 aromatic carbocycles. The minimum absolute atomic E-state index is 0.0415. The van der Waals surface area contributed by atoms with E-state index in [2.05, 4.69) is 24.1 Å². The Morgan fingerprint density at radius 1 is 1.58 bits per heavy atom. The Bertz CT molecular complexity index is 753.